The molecule has 1 unspecified atom stereocenters. The summed E-state index contributed by atoms with van der Waals surface area (Å²) in [5, 5.41) is 0. The number of alkyl halides is 1. The lowest BCUT2D eigenvalue weighted by Gasteiger charge is -2.39. The molecule has 176 valence electrons. The molecule has 0 aliphatic rings. The number of hydrogen-bond acceptors (Lipinski definition) is 3. The van der Waals surface area contributed by atoms with Gasteiger partial charge in [-0.3, -0.25) is 0 Å². The van der Waals surface area contributed by atoms with Crippen molar-refractivity contribution in [2.45, 2.75) is 134 Å². The molecule has 0 saturated carbocycles. The Morgan fingerprint density at radius 3 is 1.17 bits per heavy atom. The van der Waals surface area contributed by atoms with Gasteiger partial charge in [-0.1, -0.05) is 117 Å². The van der Waals surface area contributed by atoms with E-state index >= 15 is 0 Å². The van der Waals surface area contributed by atoms with Gasteiger partial charge in [0, 0.05) is 21.3 Å². The first kappa shape index (κ1) is 29.4. The van der Waals surface area contributed by atoms with Crippen LogP contribution in [-0.2, 0) is 13.3 Å². The predicted octanol–water partition coefficient (Wildman–Crippen LogP) is 8.44. The van der Waals surface area contributed by atoms with Crippen LogP contribution in [0.15, 0.2) is 0 Å². The van der Waals surface area contributed by atoms with Crippen molar-refractivity contribution in [2.75, 3.05) is 21.3 Å². The van der Waals surface area contributed by atoms with Gasteiger partial charge in [0.05, 0.1) is 0 Å². The molecule has 0 fully saturated rings. The van der Waals surface area contributed by atoms with Crippen LogP contribution in [0.4, 0.5) is 0 Å². The normalized spacial score (nSPS) is 14.3. The Morgan fingerprint density at radius 2 is 0.862 bits per heavy atom. The molecule has 0 heterocycles. The van der Waals surface area contributed by atoms with Crippen LogP contribution in [-0.4, -0.2) is 34.6 Å². The highest BCUT2D eigenvalue weighted by Gasteiger charge is 2.58. The highest BCUT2D eigenvalue weighted by atomic mass is 35.5. The minimum atomic E-state index is -2.83. The molecule has 0 radical (unpaired) electrons. The van der Waals surface area contributed by atoms with E-state index in [0.29, 0.717) is 0 Å². The fraction of sp³-hybridized carbons (Fsp3) is 1.00. The molecule has 0 N–H and O–H groups in total. The van der Waals surface area contributed by atoms with Crippen LogP contribution in [0.2, 0.25) is 0 Å². The molecule has 5 heteroatoms. The van der Waals surface area contributed by atoms with E-state index in [1.807, 2.05) is 0 Å². The van der Waals surface area contributed by atoms with Crippen molar-refractivity contribution < 1.29 is 13.3 Å². The van der Waals surface area contributed by atoms with E-state index in [2.05, 4.69) is 13.8 Å². The molecule has 0 aliphatic heterocycles. The zero-order valence-electron chi connectivity index (χ0n) is 20.3. The highest BCUT2D eigenvalue weighted by molar-refractivity contribution is 6.74. The molecule has 0 aromatic carbocycles. The summed E-state index contributed by atoms with van der Waals surface area (Å²) in [7, 11) is 2.16. The Bertz CT molecular complexity index is 345. The molecular weight excluding hydrogens is 400 g/mol. The average Bonchev–Trinajstić information content (AvgIpc) is 2.72. The van der Waals surface area contributed by atoms with Gasteiger partial charge in [-0.25, -0.2) is 0 Å². The lowest BCUT2D eigenvalue weighted by atomic mass is 10.0. The topological polar surface area (TPSA) is 27.7 Å². The summed E-state index contributed by atoms with van der Waals surface area (Å²) in [6.07, 6.45) is 23.4. The lowest BCUT2D eigenvalue weighted by molar-refractivity contribution is 0.101. The summed E-state index contributed by atoms with van der Waals surface area (Å²) >= 11 is 7.01. The van der Waals surface area contributed by atoms with Crippen LogP contribution in [0, 0.1) is 0 Å². The van der Waals surface area contributed by atoms with Crippen molar-refractivity contribution in [3.63, 3.8) is 0 Å². The predicted molar refractivity (Wildman–Crippen MR) is 130 cm³/mol. The molecule has 0 amide bonds. The van der Waals surface area contributed by atoms with Crippen LogP contribution in [0.5, 0.6) is 0 Å². The van der Waals surface area contributed by atoms with Crippen LogP contribution >= 0.6 is 11.6 Å². The van der Waals surface area contributed by atoms with E-state index in [4.69, 9.17) is 24.9 Å². The Labute approximate surface area is 189 Å². The van der Waals surface area contributed by atoms with Crippen molar-refractivity contribution in [2.24, 2.45) is 0 Å². The van der Waals surface area contributed by atoms with Crippen LogP contribution in [0.3, 0.4) is 0 Å². The Hall–Kier alpha value is 0.387. The number of hydrogen-bond donors (Lipinski definition) is 0. The minimum Gasteiger partial charge on any atom is -0.376 e. The van der Waals surface area contributed by atoms with E-state index in [9.17, 15) is 0 Å². The zero-order valence-corrected chi connectivity index (χ0v) is 22.1. The molecule has 0 bridgehead atoms. The molecule has 0 aromatic rings. The average molecular weight is 451 g/mol. The van der Waals surface area contributed by atoms with Gasteiger partial charge in [0.2, 0.25) is 0 Å². The van der Waals surface area contributed by atoms with Gasteiger partial charge in [0.25, 0.3) is 0 Å². The van der Waals surface area contributed by atoms with Gasteiger partial charge in [0.1, 0.15) is 4.50 Å². The maximum atomic E-state index is 7.01. The number of rotatable bonds is 22. The largest absolute Gasteiger partial charge is 0.522 e. The Morgan fingerprint density at radius 1 is 0.517 bits per heavy atom. The summed E-state index contributed by atoms with van der Waals surface area (Å²) in [5.41, 5.74) is 0. The summed E-state index contributed by atoms with van der Waals surface area (Å²) in [5.74, 6) is 0. The maximum absolute atomic E-state index is 7.01. The monoisotopic (exact) mass is 450 g/mol. The van der Waals surface area contributed by atoms with E-state index in [0.717, 1.165) is 25.7 Å². The second-order valence-corrected chi connectivity index (χ2v) is 12.9. The fourth-order valence-electron chi connectivity index (χ4n) is 4.40. The van der Waals surface area contributed by atoms with Gasteiger partial charge in [-0.15, -0.1) is 11.6 Å². The van der Waals surface area contributed by atoms with Crippen LogP contribution in [0.25, 0.3) is 0 Å². The smallest absolute Gasteiger partial charge is 0.376 e. The van der Waals surface area contributed by atoms with Gasteiger partial charge >= 0.3 is 8.80 Å². The van der Waals surface area contributed by atoms with E-state index in [1.54, 1.807) is 21.3 Å². The highest BCUT2D eigenvalue weighted by Crippen LogP contribution is 2.39. The molecule has 0 saturated heterocycles. The second kappa shape index (κ2) is 19.1. The van der Waals surface area contributed by atoms with Crippen LogP contribution in [0.1, 0.15) is 129 Å². The van der Waals surface area contributed by atoms with Gasteiger partial charge in [-0.2, -0.15) is 0 Å². The third-order valence-electron chi connectivity index (χ3n) is 6.18. The summed E-state index contributed by atoms with van der Waals surface area (Å²) in [6.45, 7) is 4.44. The third kappa shape index (κ3) is 12.1. The fourth-order valence-corrected chi connectivity index (χ4v) is 8.06. The van der Waals surface area contributed by atoms with Crippen molar-refractivity contribution in [1.82, 2.24) is 0 Å². The minimum absolute atomic E-state index is 0.503. The standard InChI is InChI=1S/C24H51ClO3Si/c1-6-8-9-10-11-12-13-14-15-16-17-18-19-20-21-23-24(25,22-7-2)29(26-3,27-4)28-5/h6-23H2,1-5H3. The first-order chi connectivity index (χ1) is 14.1. The second-order valence-electron chi connectivity index (χ2n) is 8.58. The molecule has 3 nitrogen and oxygen atoms in total. The summed E-state index contributed by atoms with van der Waals surface area (Å²) < 4.78 is 16.6. The number of unbranched alkanes of at least 4 members (excludes halogenated alkanes) is 14. The van der Waals surface area contributed by atoms with Crippen molar-refractivity contribution in [1.29, 1.82) is 0 Å². The molecule has 0 rings (SSSR count). The molecular formula is C24H51ClO3Si. The van der Waals surface area contributed by atoms with Crippen molar-refractivity contribution >= 4 is 20.4 Å². The molecule has 0 aliphatic carbocycles. The van der Waals surface area contributed by atoms with Gasteiger partial charge < -0.3 is 13.3 Å². The lowest BCUT2D eigenvalue weighted by Crippen LogP contribution is -2.60. The van der Waals surface area contributed by atoms with E-state index in [1.165, 1.54) is 89.9 Å². The van der Waals surface area contributed by atoms with Crippen LogP contribution < -0.4 is 0 Å². The zero-order chi connectivity index (χ0) is 21.8. The maximum Gasteiger partial charge on any atom is 0.522 e. The number of halogens is 1. The SMILES string of the molecule is CCCCCCCCCCCCCCCCCC(Cl)(CCC)[Si](OC)(OC)OC. The third-order valence-corrected chi connectivity index (χ3v) is 10.5. The quantitative estimate of drug-likeness (QED) is 0.0939. The molecule has 0 spiro atoms. The first-order valence-electron chi connectivity index (χ1n) is 12.4. The van der Waals surface area contributed by atoms with Gasteiger partial charge in [0.15, 0.2) is 0 Å². The Balaban J connectivity index is 3.76. The van der Waals surface area contributed by atoms with E-state index < -0.39 is 13.3 Å². The summed E-state index contributed by atoms with van der Waals surface area (Å²) in [6, 6.07) is 0. The first-order valence-corrected chi connectivity index (χ1v) is 14.5. The molecule has 0 aromatic heterocycles. The molecule has 29 heavy (non-hydrogen) atoms. The molecule has 1 atom stereocenters. The van der Waals surface area contributed by atoms with Gasteiger partial charge in [-0.05, 0) is 12.8 Å². The van der Waals surface area contributed by atoms with Crippen molar-refractivity contribution in [3.8, 4) is 0 Å². The van der Waals surface area contributed by atoms with E-state index in [-0.39, 0.29) is 0 Å². The summed E-state index contributed by atoms with van der Waals surface area (Å²) in [4.78, 5) is 0. The Kier molecular flexibility index (Phi) is 19.4. The van der Waals surface area contributed by atoms with Crippen molar-refractivity contribution in [3.05, 3.63) is 0 Å².